The minimum Gasteiger partial charge on any atom is -0.444 e. The van der Waals surface area contributed by atoms with E-state index in [1.807, 2.05) is 20.8 Å². The summed E-state index contributed by atoms with van der Waals surface area (Å²) in [6.07, 6.45) is 1.05. The number of Topliss-reactive ketones (excluding diaryl/α,β-unsaturated/α-hetero) is 1. The Hall–Kier alpha value is -2.35. The lowest BCUT2D eigenvalue weighted by Crippen LogP contribution is -2.44. The van der Waals surface area contributed by atoms with Crippen molar-refractivity contribution in [2.45, 2.75) is 39.2 Å². The Balaban J connectivity index is 1.98. The van der Waals surface area contributed by atoms with E-state index in [1.165, 1.54) is 24.3 Å². The third-order valence-electron chi connectivity index (χ3n) is 3.62. The van der Waals surface area contributed by atoms with Crippen molar-refractivity contribution in [3.8, 4) is 11.8 Å². The summed E-state index contributed by atoms with van der Waals surface area (Å²) in [4.78, 5) is 25.9. The van der Waals surface area contributed by atoms with Gasteiger partial charge in [0, 0.05) is 24.6 Å². The number of halogens is 1. The monoisotopic (exact) mass is 331 g/mol. The first-order valence-electron chi connectivity index (χ1n) is 8.04. The first-order valence-corrected chi connectivity index (χ1v) is 8.04. The molecule has 1 aliphatic rings. The Labute approximate surface area is 142 Å². The Morgan fingerprint density at radius 2 is 1.92 bits per heavy atom. The summed E-state index contributed by atoms with van der Waals surface area (Å²) < 4.78 is 18.2. The molecule has 1 fully saturated rings. The second-order valence-electron chi connectivity index (χ2n) is 6.89. The first kappa shape index (κ1) is 18.0. The van der Waals surface area contributed by atoms with E-state index in [4.69, 9.17) is 4.74 Å². The molecular weight excluding hydrogens is 309 g/mol. The molecule has 1 aromatic rings. The fraction of sp³-hybridized carbons (Fsp3) is 0.474. The maximum absolute atomic E-state index is 12.8. The summed E-state index contributed by atoms with van der Waals surface area (Å²) in [6, 6.07) is 5.67. The van der Waals surface area contributed by atoms with Crippen LogP contribution in [0.25, 0.3) is 0 Å². The molecule has 0 spiro atoms. The summed E-state index contributed by atoms with van der Waals surface area (Å²) in [5.41, 5.74) is 0.0285. The zero-order chi connectivity index (χ0) is 17.7. The number of carbonyl (C=O) groups is 2. The van der Waals surface area contributed by atoms with Gasteiger partial charge in [0.25, 0.3) is 0 Å². The first-order chi connectivity index (χ1) is 11.2. The highest BCUT2D eigenvalue weighted by molar-refractivity contribution is 5.98. The van der Waals surface area contributed by atoms with Gasteiger partial charge in [0.05, 0.1) is 0 Å². The number of ether oxygens (including phenoxy) is 1. The summed E-state index contributed by atoms with van der Waals surface area (Å²) in [7, 11) is 0. The van der Waals surface area contributed by atoms with Gasteiger partial charge in [-0.15, -0.1) is 0 Å². The van der Waals surface area contributed by atoms with Crippen molar-refractivity contribution in [3.05, 3.63) is 35.6 Å². The lowest BCUT2D eigenvalue weighted by atomic mass is 9.94. The van der Waals surface area contributed by atoms with Crippen LogP contribution in [0.2, 0.25) is 0 Å². The van der Waals surface area contributed by atoms with E-state index in [0.29, 0.717) is 25.1 Å². The van der Waals surface area contributed by atoms with Crippen LogP contribution >= 0.6 is 0 Å². The van der Waals surface area contributed by atoms with Crippen molar-refractivity contribution in [2.24, 2.45) is 5.92 Å². The number of hydrogen-bond acceptors (Lipinski definition) is 3. The molecule has 1 unspecified atom stereocenters. The molecule has 1 aromatic carbocycles. The molecule has 0 saturated carbocycles. The van der Waals surface area contributed by atoms with Gasteiger partial charge in [-0.1, -0.05) is 5.92 Å². The number of piperidine rings is 1. The van der Waals surface area contributed by atoms with Crippen LogP contribution < -0.4 is 0 Å². The smallest absolute Gasteiger partial charge is 0.410 e. The fourth-order valence-electron chi connectivity index (χ4n) is 2.45. The molecule has 0 radical (unpaired) electrons. The average Bonchev–Trinajstić information content (AvgIpc) is 2.52. The number of amides is 1. The highest BCUT2D eigenvalue weighted by Gasteiger charge is 2.30. The quantitative estimate of drug-likeness (QED) is 0.741. The van der Waals surface area contributed by atoms with Gasteiger partial charge in [0.1, 0.15) is 11.4 Å². The zero-order valence-electron chi connectivity index (χ0n) is 14.3. The van der Waals surface area contributed by atoms with Gasteiger partial charge < -0.3 is 9.64 Å². The van der Waals surface area contributed by atoms with E-state index >= 15 is 0 Å². The molecule has 5 heteroatoms. The molecule has 0 aliphatic carbocycles. The number of ketones is 1. The van der Waals surface area contributed by atoms with Crippen LogP contribution in [0.15, 0.2) is 24.3 Å². The number of likely N-dealkylation sites (tertiary alicyclic amines) is 1. The molecule has 128 valence electrons. The molecule has 0 N–H and O–H groups in total. The van der Waals surface area contributed by atoms with E-state index < -0.39 is 11.7 Å². The summed E-state index contributed by atoms with van der Waals surface area (Å²) in [5.74, 6) is 4.51. The van der Waals surface area contributed by atoms with Gasteiger partial charge in [-0.2, -0.15) is 0 Å². The molecule has 1 aliphatic heterocycles. The van der Waals surface area contributed by atoms with Crippen LogP contribution in [0.5, 0.6) is 0 Å². The van der Waals surface area contributed by atoms with Gasteiger partial charge >= 0.3 is 6.09 Å². The molecule has 1 atom stereocenters. The van der Waals surface area contributed by atoms with Gasteiger partial charge in [-0.3, -0.25) is 4.79 Å². The summed E-state index contributed by atoms with van der Waals surface area (Å²) in [5, 5.41) is 0. The van der Waals surface area contributed by atoms with Crippen molar-refractivity contribution >= 4 is 11.9 Å². The maximum Gasteiger partial charge on any atom is 0.410 e. The lowest BCUT2D eigenvalue weighted by Gasteiger charge is -2.32. The predicted octanol–water partition coefficient (Wildman–Crippen LogP) is 3.39. The van der Waals surface area contributed by atoms with Crippen LogP contribution in [-0.4, -0.2) is 35.5 Å². The minimum absolute atomic E-state index is 0.201. The molecule has 24 heavy (non-hydrogen) atoms. The van der Waals surface area contributed by atoms with Gasteiger partial charge in [-0.05, 0) is 63.8 Å². The van der Waals surface area contributed by atoms with Crippen LogP contribution in [-0.2, 0) is 9.53 Å². The third-order valence-corrected chi connectivity index (χ3v) is 3.62. The minimum atomic E-state index is -0.559. The predicted molar refractivity (Wildman–Crippen MR) is 88.8 cm³/mol. The maximum atomic E-state index is 12.8. The lowest BCUT2D eigenvalue weighted by molar-refractivity contribution is -0.118. The standard InChI is InChI=1S/C19H22FNO3/c1-19(2,3)24-18(23)21-12-4-5-15(13-21)17(22)11-8-14-6-9-16(20)10-7-14/h6-7,9-10,15H,4-5,12-13H2,1-3H3. The van der Waals surface area contributed by atoms with Gasteiger partial charge in [0.2, 0.25) is 5.78 Å². The number of carbonyl (C=O) groups excluding carboxylic acids is 2. The highest BCUT2D eigenvalue weighted by Crippen LogP contribution is 2.20. The Kier molecular flexibility index (Phi) is 5.61. The highest BCUT2D eigenvalue weighted by atomic mass is 19.1. The molecule has 2 rings (SSSR count). The molecular formula is C19H22FNO3. The van der Waals surface area contributed by atoms with Crippen LogP contribution in [0.3, 0.4) is 0 Å². The van der Waals surface area contributed by atoms with Crippen LogP contribution in [0, 0.1) is 23.6 Å². The van der Waals surface area contributed by atoms with E-state index in [0.717, 1.165) is 6.42 Å². The number of rotatable bonds is 1. The number of hydrogen-bond donors (Lipinski definition) is 0. The third kappa shape index (κ3) is 5.38. The van der Waals surface area contributed by atoms with Crippen molar-refractivity contribution in [2.75, 3.05) is 13.1 Å². The summed E-state index contributed by atoms with van der Waals surface area (Å²) in [6.45, 7) is 6.35. The molecule has 1 heterocycles. The second-order valence-corrected chi connectivity index (χ2v) is 6.89. The Bertz CT molecular complexity index is 665. The van der Waals surface area contributed by atoms with E-state index in [9.17, 15) is 14.0 Å². The summed E-state index contributed by atoms with van der Waals surface area (Å²) >= 11 is 0. The molecule has 0 aromatic heterocycles. The zero-order valence-corrected chi connectivity index (χ0v) is 14.3. The Morgan fingerprint density at radius 1 is 1.25 bits per heavy atom. The molecule has 1 amide bonds. The van der Waals surface area contributed by atoms with Crippen LogP contribution in [0.4, 0.5) is 9.18 Å². The van der Waals surface area contributed by atoms with E-state index in [-0.39, 0.29) is 17.5 Å². The van der Waals surface area contributed by atoms with Gasteiger partial charge in [0.15, 0.2) is 0 Å². The van der Waals surface area contributed by atoms with Crippen molar-refractivity contribution in [3.63, 3.8) is 0 Å². The number of nitrogens with zero attached hydrogens (tertiary/aromatic N) is 1. The van der Waals surface area contributed by atoms with Crippen molar-refractivity contribution < 1.29 is 18.7 Å². The van der Waals surface area contributed by atoms with Crippen molar-refractivity contribution in [1.82, 2.24) is 4.90 Å². The largest absolute Gasteiger partial charge is 0.444 e. The van der Waals surface area contributed by atoms with E-state index in [1.54, 1.807) is 4.90 Å². The molecule has 0 bridgehead atoms. The normalized spacial score (nSPS) is 17.7. The SMILES string of the molecule is CC(C)(C)OC(=O)N1CCCC(C(=O)C#Cc2ccc(F)cc2)C1. The second kappa shape index (κ2) is 7.48. The Morgan fingerprint density at radius 3 is 2.54 bits per heavy atom. The average molecular weight is 331 g/mol. The van der Waals surface area contributed by atoms with Gasteiger partial charge in [-0.25, -0.2) is 9.18 Å². The topological polar surface area (TPSA) is 46.6 Å². The number of benzene rings is 1. The molecule has 1 saturated heterocycles. The van der Waals surface area contributed by atoms with Crippen LogP contribution in [0.1, 0.15) is 39.2 Å². The van der Waals surface area contributed by atoms with E-state index in [2.05, 4.69) is 11.8 Å². The van der Waals surface area contributed by atoms with Crippen molar-refractivity contribution in [1.29, 1.82) is 0 Å². The fourth-order valence-corrected chi connectivity index (χ4v) is 2.45. The molecule has 4 nitrogen and oxygen atoms in total.